The molecule has 0 spiro atoms. The first-order valence-corrected chi connectivity index (χ1v) is 9.26. The molecule has 6 nitrogen and oxygen atoms in total. The van der Waals surface area contributed by atoms with Crippen LogP contribution < -0.4 is 0 Å². The third kappa shape index (κ3) is 3.41. The molecular weight excluding hydrogens is 316 g/mol. The first-order chi connectivity index (χ1) is 12.2. The summed E-state index contributed by atoms with van der Waals surface area (Å²) in [6.45, 7) is 6.83. The highest BCUT2D eigenvalue weighted by Gasteiger charge is 2.31. The summed E-state index contributed by atoms with van der Waals surface area (Å²) in [5.74, 6) is 0.615. The molecule has 0 radical (unpaired) electrons. The van der Waals surface area contributed by atoms with Crippen LogP contribution in [-0.4, -0.2) is 71.1 Å². The van der Waals surface area contributed by atoms with Crippen molar-refractivity contribution in [2.75, 3.05) is 39.4 Å². The van der Waals surface area contributed by atoms with Gasteiger partial charge in [0.15, 0.2) is 0 Å². The molecule has 6 heteroatoms. The maximum atomic E-state index is 13.0. The van der Waals surface area contributed by atoms with Crippen LogP contribution in [0.25, 0.3) is 11.0 Å². The molecule has 2 aliphatic heterocycles. The van der Waals surface area contributed by atoms with Gasteiger partial charge in [-0.2, -0.15) is 0 Å². The quantitative estimate of drug-likeness (QED) is 0.927. The normalized spacial score (nSPS) is 23.7. The zero-order valence-electron chi connectivity index (χ0n) is 14.8. The summed E-state index contributed by atoms with van der Waals surface area (Å²) in [5, 5.41) is 1.14. The summed E-state index contributed by atoms with van der Waals surface area (Å²) in [4.78, 5) is 25.1. The van der Waals surface area contributed by atoms with Gasteiger partial charge in [-0.3, -0.25) is 9.69 Å². The molecule has 4 rings (SSSR count). The number of likely N-dealkylation sites (tertiary alicyclic amines) is 1. The van der Waals surface area contributed by atoms with E-state index in [-0.39, 0.29) is 11.9 Å². The lowest BCUT2D eigenvalue weighted by Crippen LogP contribution is -2.52. The largest absolute Gasteiger partial charge is 0.379 e. The maximum absolute atomic E-state index is 13.0. The molecule has 134 valence electrons. The van der Waals surface area contributed by atoms with Crippen LogP contribution >= 0.6 is 0 Å². The van der Waals surface area contributed by atoms with Crippen LogP contribution in [0.3, 0.4) is 0 Å². The predicted molar refractivity (Wildman–Crippen MR) is 96.5 cm³/mol. The SMILES string of the molecule is C[C@@H](C(=O)N1CCC[C@@H](c2cc3cccnc3[nH]2)C1)N1CCOCC1. The number of amides is 1. The number of ether oxygens (including phenoxy) is 1. The lowest BCUT2D eigenvalue weighted by atomic mass is 9.94. The molecule has 0 aromatic carbocycles. The number of hydrogen-bond donors (Lipinski definition) is 1. The van der Waals surface area contributed by atoms with Gasteiger partial charge in [-0.15, -0.1) is 0 Å². The number of carbonyl (C=O) groups excluding carboxylic acids is 1. The number of hydrogen-bond acceptors (Lipinski definition) is 4. The van der Waals surface area contributed by atoms with Crippen molar-refractivity contribution < 1.29 is 9.53 Å². The monoisotopic (exact) mass is 342 g/mol. The Hall–Kier alpha value is -1.92. The highest BCUT2D eigenvalue weighted by atomic mass is 16.5. The lowest BCUT2D eigenvalue weighted by Gasteiger charge is -2.38. The number of piperidine rings is 1. The number of H-pyrrole nitrogens is 1. The molecule has 2 aromatic heterocycles. The summed E-state index contributed by atoms with van der Waals surface area (Å²) >= 11 is 0. The van der Waals surface area contributed by atoms with Crippen LogP contribution in [0.1, 0.15) is 31.4 Å². The minimum absolute atomic E-state index is 0.0629. The molecule has 25 heavy (non-hydrogen) atoms. The van der Waals surface area contributed by atoms with Crippen molar-refractivity contribution in [2.24, 2.45) is 0 Å². The molecule has 2 aromatic rings. The third-order valence-electron chi connectivity index (χ3n) is 5.54. The molecule has 0 unspecified atom stereocenters. The number of nitrogens with zero attached hydrogens (tertiary/aromatic N) is 3. The molecule has 0 bridgehead atoms. The van der Waals surface area contributed by atoms with Gasteiger partial charge in [-0.05, 0) is 38.0 Å². The van der Waals surface area contributed by atoms with Crippen LogP contribution in [0.15, 0.2) is 24.4 Å². The van der Waals surface area contributed by atoms with Crippen molar-refractivity contribution in [1.29, 1.82) is 0 Å². The first-order valence-electron chi connectivity index (χ1n) is 9.26. The molecule has 4 heterocycles. The molecule has 2 atom stereocenters. The van der Waals surface area contributed by atoms with E-state index in [4.69, 9.17) is 4.74 Å². The van der Waals surface area contributed by atoms with Gasteiger partial charge in [0.05, 0.1) is 19.3 Å². The van der Waals surface area contributed by atoms with Gasteiger partial charge in [0.25, 0.3) is 0 Å². The second-order valence-electron chi connectivity index (χ2n) is 7.11. The number of pyridine rings is 1. The Labute approximate surface area is 148 Å². The smallest absolute Gasteiger partial charge is 0.239 e. The molecule has 1 N–H and O–H groups in total. The Morgan fingerprint density at radius 1 is 1.36 bits per heavy atom. The highest BCUT2D eigenvalue weighted by molar-refractivity contribution is 5.82. The zero-order chi connectivity index (χ0) is 17.2. The summed E-state index contributed by atoms with van der Waals surface area (Å²) in [7, 11) is 0. The Bertz CT molecular complexity index is 705. The van der Waals surface area contributed by atoms with Gasteiger partial charge in [-0.1, -0.05) is 0 Å². The average Bonchev–Trinajstić information content (AvgIpc) is 3.12. The van der Waals surface area contributed by atoms with E-state index in [1.54, 1.807) is 0 Å². The van der Waals surface area contributed by atoms with Gasteiger partial charge < -0.3 is 14.6 Å². The molecule has 2 fully saturated rings. The van der Waals surface area contributed by atoms with Crippen molar-refractivity contribution >= 4 is 16.9 Å². The van der Waals surface area contributed by atoms with Crippen molar-refractivity contribution in [1.82, 2.24) is 19.8 Å². The van der Waals surface area contributed by atoms with Crippen molar-refractivity contribution in [3.05, 3.63) is 30.1 Å². The standard InChI is InChI=1S/C19H26N4O2/c1-14(22-8-10-25-11-9-22)19(24)23-7-3-5-16(13-23)17-12-15-4-2-6-20-18(15)21-17/h2,4,6,12,14,16H,3,5,7-11,13H2,1H3,(H,20,21)/t14-,16+/m0/s1. The van der Waals surface area contributed by atoms with Gasteiger partial charge in [-0.25, -0.2) is 4.98 Å². The van der Waals surface area contributed by atoms with Gasteiger partial charge in [0.1, 0.15) is 5.65 Å². The number of morpholine rings is 1. The van der Waals surface area contributed by atoms with Crippen LogP contribution in [0.2, 0.25) is 0 Å². The van der Waals surface area contributed by atoms with Crippen molar-refractivity contribution in [3.63, 3.8) is 0 Å². The van der Waals surface area contributed by atoms with Crippen LogP contribution in [0.4, 0.5) is 0 Å². The van der Waals surface area contributed by atoms with E-state index in [1.165, 1.54) is 5.69 Å². The Balaban J connectivity index is 1.45. The van der Waals surface area contributed by atoms with Gasteiger partial charge >= 0.3 is 0 Å². The summed E-state index contributed by atoms with van der Waals surface area (Å²) in [6, 6.07) is 6.16. The molecular formula is C19H26N4O2. The van der Waals surface area contributed by atoms with E-state index in [0.29, 0.717) is 5.92 Å². The minimum Gasteiger partial charge on any atom is -0.379 e. The fourth-order valence-electron chi connectivity index (χ4n) is 4.02. The Morgan fingerprint density at radius 2 is 2.20 bits per heavy atom. The second-order valence-corrected chi connectivity index (χ2v) is 7.11. The predicted octanol–water partition coefficient (Wildman–Crippen LogP) is 1.99. The van der Waals surface area contributed by atoms with E-state index in [1.807, 2.05) is 24.1 Å². The zero-order valence-corrected chi connectivity index (χ0v) is 14.8. The summed E-state index contributed by atoms with van der Waals surface area (Å²) in [5.41, 5.74) is 2.13. The van der Waals surface area contributed by atoms with Gasteiger partial charge in [0, 0.05) is 49.4 Å². The van der Waals surface area contributed by atoms with Gasteiger partial charge in [0.2, 0.25) is 5.91 Å². The molecule has 0 aliphatic carbocycles. The number of nitrogens with one attached hydrogen (secondary N) is 1. The number of aromatic amines is 1. The number of fused-ring (bicyclic) bond motifs is 1. The van der Waals surface area contributed by atoms with Crippen molar-refractivity contribution in [2.45, 2.75) is 31.7 Å². The lowest BCUT2D eigenvalue weighted by molar-refractivity contribution is -0.139. The second kappa shape index (κ2) is 7.14. The Morgan fingerprint density at radius 3 is 3.00 bits per heavy atom. The molecule has 1 amide bonds. The highest BCUT2D eigenvalue weighted by Crippen LogP contribution is 2.29. The minimum atomic E-state index is -0.0629. The third-order valence-corrected chi connectivity index (χ3v) is 5.54. The number of aromatic nitrogens is 2. The van der Waals surface area contributed by atoms with E-state index >= 15 is 0 Å². The Kier molecular flexibility index (Phi) is 4.72. The fraction of sp³-hybridized carbons (Fsp3) is 0.579. The molecule has 2 saturated heterocycles. The van der Waals surface area contributed by atoms with Crippen LogP contribution in [0.5, 0.6) is 0 Å². The topological polar surface area (TPSA) is 61.5 Å². The average molecular weight is 342 g/mol. The van der Waals surface area contributed by atoms with E-state index < -0.39 is 0 Å². The summed E-state index contributed by atoms with van der Waals surface area (Å²) in [6.07, 6.45) is 3.97. The maximum Gasteiger partial charge on any atom is 0.239 e. The van der Waals surface area contributed by atoms with Crippen LogP contribution in [0, 0.1) is 0 Å². The van der Waals surface area contributed by atoms with Crippen LogP contribution in [-0.2, 0) is 9.53 Å². The molecule has 2 aliphatic rings. The number of carbonyl (C=O) groups is 1. The fourth-order valence-corrected chi connectivity index (χ4v) is 4.02. The number of rotatable bonds is 3. The first kappa shape index (κ1) is 16.5. The summed E-state index contributed by atoms with van der Waals surface area (Å²) < 4.78 is 5.40. The van der Waals surface area contributed by atoms with E-state index in [9.17, 15) is 4.79 Å². The van der Waals surface area contributed by atoms with E-state index in [2.05, 4.69) is 27.0 Å². The van der Waals surface area contributed by atoms with Crippen molar-refractivity contribution in [3.8, 4) is 0 Å². The molecule has 0 saturated carbocycles. The van der Waals surface area contributed by atoms with E-state index in [0.717, 1.165) is 63.3 Å².